The summed E-state index contributed by atoms with van der Waals surface area (Å²) < 4.78 is 0. The molecule has 0 unspecified atom stereocenters. The second-order valence-corrected chi connectivity index (χ2v) is 4.23. The van der Waals surface area contributed by atoms with E-state index in [9.17, 15) is 0 Å². The normalized spacial score (nSPS) is 11.6. The van der Waals surface area contributed by atoms with Crippen LogP contribution in [0.2, 0.25) is 5.15 Å². The number of aliphatic hydroxyl groups excluding tert-OH is 2. The number of nitrogens with zero attached hydrogens (tertiary/aromatic N) is 2. The van der Waals surface area contributed by atoms with Gasteiger partial charge in [-0.15, -0.1) is 0 Å². The van der Waals surface area contributed by atoms with Gasteiger partial charge in [-0.2, -0.15) is 0 Å². The maximum Gasteiger partial charge on any atom is 0.134 e. The van der Waals surface area contributed by atoms with Crippen molar-refractivity contribution in [3.05, 3.63) is 17.0 Å². The van der Waals surface area contributed by atoms with Crippen LogP contribution in [-0.4, -0.2) is 38.9 Å². The van der Waals surface area contributed by atoms with E-state index >= 15 is 0 Å². The van der Waals surface area contributed by atoms with E-state index in [-0.39, 0.29) is 13.2 Å². The molecule has 1 aromatic rings. The summed E-state index contributed by atoms with van der Waals surface area (Å²) in [5.41, 5.74) is -0.817. The first-order valence-electron chi connectivity index (χ1n) is 5.06. The van der Waals surface area contributed by atoms with Gasteiger partial charge in [-0.25, -0.2) is 9.97 Å². The van der Waals surface area contributed by atoms with Gasteiger partial charge in [0.25, 0.3) is 0 Å². The number of nitrogens with one attached hydrogen (secondary N) is 1. The number of hydrogen-bond donors (Lipinski definition) is 3. The molecule has 1 aromatic heterocycles. The number of rotatable bonds is 5. The summed E-state index contributed by atoms with van der Waals surface area (Å²) in [7, 11) is 0. The third-order valence-electron chi connectivity index (χ3n) is 2.19. The van der Waals surface area contributed by atoms with E-state index in [1.807, 2.05) is 6.92 Å². The molecule has 0 spiro atoms. The molecule has 1 heterocycles. The minimum absolute atomic E-state index is 0.202. The summed E-state index contributed by atoms with van der Waals surface area (Å²) in [6.45, 7) is 3.21. The van der Waals surface area contributed by atoms with E-state index < -0.39 is 5.54 Å². The van der Waals surface area contributed by atoms with Crippen molar-refractivity contribution < 1.29 is 10.2 Å². The number of anilines is 1. The fraction of sp³-hybridized carbons (Fsp3) is 0.600. The predicted octanol–water partition coefficient (Wildman–Crippen LogP) is 0.848. The lowest BCUT2D eigenvalue weighted by atomic mass is 10.1. The van der Waals surface area contributed by atoms with Gasteiger partial charge in [0.1, 0.15) is 16.8 Å². The Morgan fingerprint density at radius 2 is 2.00 bits per heavy atom. The first kappa shape index (κ1) is 13.2. The molecule has 1 rings (SSSR count). The van der Waals surface area contributed by atoms with E-state index in [1.165, 1.54) is 0 Å². The average molecular weight is 246 g/mol. The third-order valence-corrected chi connectivity index (χ3v) is 2.38. The quantitative estimate of drug-likeness (QED) is 0.671. The van der Waals surface area contributed by atoms with Gasteiger partial charge in [0.2, 0.25) is 0 Å². The zero-order valence-electron chi connectivity index (χ0n) is 9.37. The van der Waals surface area contributed by atoms with Crippen LogP contribution in [0.4, 0.5) is 5.82 Å². The van der Waals surface area contributed by atoms with E-state index in [1.54, 1.807) is 13.0 Å². The molecule has 0 saturated carbocycles. The van der Waals surface area contributed by atoms with Crippen molar-refractivity contribution in [2.45, 2.75) is 25.8 Å². The summed E-state index contributed by atoms with van der Waals surface area (Å²) in [5.74, 6) is 1.12. The molecular weight excluding hydrogens is 230 g/mol. The zero-order chi connectivity index (χ0) is 12.2. The first-order chi connectivity index (χ1) is 7.53. The Kier molecular flexibility index (Phi) is 4.46. The number of aliphatic hydroxyl groups is 2. The van der Waals surface area contributed by atoms with Crippen molar-refractivity contribution in [1.82, 2.24) is 9.97 Å². The molecule has 0 atom stereocenters. The fourth-order valence-corrected chi connectivity index (χ4v) is 1.33. The zero-order valence-corrected chi connectivity index (χ0v) is 10.1. The largest absolute Gasteiger partial charge is 0.394 e. The topological polar surface area (TPSA) is 78.3 Å². The lowest BCUT2D eigenvalue weighted by Crippen LogP contribution is -2.42. The Balaban J connectivity index is 2.92. The van der Waals surface area contributed by atoms with Gasteiger partial charge in [-0.3, -0.25) is 0 Å². The lowest BCUT2D eigenvalue weighted by molar-refractivity contribution is 0.147. The standard InChI is InChI=1S/C10H16ClN3O2/c1-3-8-12-7(11)4-9(13-8)14-10(2,5-15)6-16/h4,15-16H,3,5-6H2,1-2H3,(H,12,13,14). The molecule has 0 radical (unpaired) electrons. The SMILES string of the molecule is CCc1nc(Cl)cc(NC(C)(CO)CO)n1. The van der Waals surface area contributed by atoms with Gasteiger partial charge in [-0.05, 0) is 6.92 Å². The Morgan fingerprint density at radius 1 is 1.38 bits per heavy atom. The maximum atomic E-state index is 9.14. The molecule has 16 heavy (non-hydrogen) atoms. The number of hydrogen-bond acceptors (Lipinski definition) is 5. The Morgan fingerprint density at radius 3 is 2.50 bits per heavy atom. The molecule has 90 valence electrons. The van der Waals surface area contributed by atoms with Gasteiger partial charge in [0.05, 0.1) is 18.8 Å². The van der Waals surface area contributed by atoms with Gasteiger partial charge in [-0.1, -0.05) is 18.5 Å². The highest BCUT2D eigenvalue weighted by Crippen LogP contribution is 2.16. The lowest BCUT2D eigenvalue weighted by Gasteiger charge is -2.26. The molecule has 0 aliphatic carbocycles. The molecule has 3 N–H and O–H groups in total. The molecule has 0 amide bonds. The molecule has 0 aromatic carbocycles. The average Bonchev–Trinajstić information content (AvgIpc) is 2.28. The van der Waals surface area contributed by atoms with Crippen LogP contribution < -0.4 is 5.32 Å². The van der Waals surface area contributed by atoms with Crippen LogP contribution in [0.25, 0.3) is 0 Å². The van der Waals surface area contributed by atoms with E-state index in [4.69, 9.17) is 21.8 Å². The summed E-state index contributed by atoms with van der Waals surface area (Å²) in [6.07, 6.45) is 0.671. The molecule has 0 aliphatic rings. The molecule has 5 nitrogen and oxygen atoms in total. The van der Waals surface area contributed by atoms with Gasteiger partial charge in [0.15, 0.2) is 0 Å². The summed E-state index contributed by atoms with van der Waals surface area (Å²) in [6, 6.07) is 1.56. The monoisotopic (exact) mass is 245 g/mol. The molecule has 0 fully saturated rings. The highest BCUT2D eigenvalue weighted by Gasteiger charge is 2.22. The van der Waals surface area contributed by atoms with Crippen molar-refractivity contribution in [2.75, 3.05) is 18.5 Å². The van der Waals surface area contributed by atoms with E-state index in [0.717, 1.165) is 0 Å². The molecule has 6 heteroatoms. The highest BCUT2D eigenvalue weighted by atomic mass is 35.5. The number of halogens is 1. The van der Waals surface area contributed by atoms with Crippen molar-refractivity contribution in [3.8, 4) is 0 Å². The van der Waals surface area contributed by atoms with Crippen molar-refractivity contribution in [3.63, 3.8) is 0 Å². The predicted molar refractivity (Wildman–Crippen MR) is 62.6 cm³/mol. The molecular formula is C10H16ClN3O2. The number of aromatic nitrogens is 2. The maximum absolute atomic E-state index is 9.14. The summed E-state index contributed by atoms with van der Waals surface area (Å²) in [4.78, 5) is 8.23. The fourth-order valence-electron chi connectivity index (χ4n) is 1.13. The Hall–Kier alpha value is -0.910. The van der Waals surface area contributed by atoms with Crippen molar-refractivity contribution in [2.24, 2.45) is 0 Å². The Labute approximate surface area is 99.5 Å². The van der Waals surface area contributed by atoms with E-state index in [0.29, 0.717) is 23.2 Å². The van der Waals surface area contributed by atoms with Crippen molar-refractivity contribution >= 4 is 17.4 Å². The smallest absolute Gasteiger partial charge is 0.134 e. The first-order valence-corrected chi connectivity index (χ1v) is 5.44. The molecule has 0 saturated heterocycles. The highest BCUT2D eigenvalue weighted by molar-refractivity contribution is 6.29. The molecule has 0 bridgehead atoms. The third kappa shape index (κ3) is 3.30. The second-order valence-electron chi connectivity index (χ2n) is 3.85. The van der Waals surface area contributed by atoms with Crippen LogP contribution >= 0.6 is 11.6 Å². The number of aryl methyl sites for hydroxylation is 1. The van der Waals surface area contributed by atoms with Gasteiger partial charge in [0, 0.05) is 12.5 Å². The van der Waals surface area contributed by atoms with Gasteiger partial charge >= 0.3 is 0 Å². The summed E-state index contributed by atoms with van der Waals surface area (Å²) in [5, 5.41) is 21.6. The van der Waals surface area contributed by atoms with Crippen LogP contribution in [0, 0.1) is 0 Å². The summed E-state index contributed by atoms with van der Waals surface area (Å²) >= 11 is 5.83. The molecule has 0 aliphatic heterocycles. The van der Waals surface area contributed by atoms with Gasteiger partial charge < -0.3 is 15.5 Å². The van der Waals surface area contributed by atoms with Crippen LogP contribution in [0.15, 0.2) is 6.07 Å². The van der Waals surface area contributed by atoms with Crippen LogP contribution in [0.3, 0.4) is 0 Å². The minimum atomic E-state index is -0.817. The van der Waals surface area contributed by atoms with Crippen LogP contribution in [-0.2, 0) is 6.42 Å². The van der Waals surface area contributed by atoms with Crippen LogP contribution in [0.1, 0.15) is 19.7 Å². The second kappa shape index (κ2) is 5.43. The van der Waals surface area contributed by atoms with Crippen LogP contribution in [0.5, 0.6) is 0 Å². The van der Waals surface area contributed by atoms with E-state index in [2.05, 4.69) is 15.3 Å². The minimum Gasteiger partial charge on any atom is -0.394 e. The Bertz CT molecular complexity index is 356. The van der Waals surface area contributed by atoms with Crippen molar-refractivity contribution in [1.29, 1.82) is 0 Å².